The quantitative estimate of drug-likeness (QED) is 0.869. The molecule has 1 unspecified atom stereocenters. The maximum Gasteiger partial charge on any atom is 0.0594 e. The van der Waals surface area contributed by atoms with E-state index in [2.05, 4.69) is 41.2 Å². The number of hydrogen-bond donors (Lipinski definition) is 1. The third kappa shape index (κ3) is 3.53. The number of nitrogens with zero attached hydrogens (tertiary/aromatic N) is 2. The highest BCUT2D eigenvalue weighted by Crippen LogP contribution is 2.23. The summed E-state index contributed by atoms with van der Waals surface area (Å²) < 4.78 is 5.46. The van der Waals surface area contributed by atoms with Gasteiger partial charge in [-0.05, 0) is 45.0 Å². The maximum absolute atomic E-state index is 5.46. The van der Waals surface area contributed by atoms with Gasteiger partial charge < -0.3 is 10.1 Å². The van der Waals surface area contributed by atoms with Gasteiger partial charge in [-0.15, -0.1) is 0 Å². The standard InChI is InChI=1S/C15H25N3O/c1-15(2,18-8-10-19-11-9-18)14(16-3)12-13-4-6-17-7-5-13/h4-7,14,16H,8-12H2,1-3H3. The van der Waals surface area contributed by atoms with Crippen molar-refractivity contribution >= 4 is 0 Å². The molecule has 0 amide bonds. The van der Waals surface area contributed by atoms with Crippen LogP contribution in [0.4, 0.5) is 0 Å². The highest BCUT2D eigenvalue weighted by Gasteiger charge is 2.35. The molecule has 1 saturated heterocycles. The summed E-state index contributed by atoms with van der Waals surface area (Å²) in [5, 5.41) is 3.49. The number of hydrogen-bond acceptors (Lipinski definition) is 4. The van der Waals surface area contributed by atoms with Crippen LogP contribution in [0.15, 0.2) is 24.5 Å². The summed E-state index contributed by atoms with van der Waals surface area (Å²) in [4.78, 5) is 6.61. The van der Waals surface area contributed by atoms with Crippen LogP contribution >= 0.6 is 0 Å². The molecule has 2 rings (SSSR count). The zero-order valence-electron chi connectivity index (χ0n) is 12.2. The molecule has 1 fully saturated rings. The summed E-state index contributed by atoms with van der Waals surface area (Å²) in [6, 6.07) is 4.60. The van der Waals surface area contributed by atoms with Gasteiger partial charge in [-0.25, -0.2) is 0 Å². The Kier molecular flexibility index (Phi) is 4.91. The summed E-state index contributed by atoms with van der Waals surface area (Å²) in [7, 11) is 2.05. The van der Waals surface area contributed by atoms with E-state index in [0.717, 1.165) is 32.7 Å². The van der Waals surface area contributed by atoms with Gasteiger partial charge in [0.25, 0.3) is 0 Å². The molecule has 2 heterocycles. The van der Waals surface area contributed by atoms with Gasteiger partial charge in [-0.2, -0.15) is 0 Å². The van der Waals surface area contributed by atoms with Crippen LogP contribution in [0, 0.1) is 0 Å². The first-order chi connectivity index (χ1) is 9.14. The van der Waals surface area contributed by atoms with Crippen LogP contribution in [0.5, 0.6) is 0 Å². The van der Waals surface area contributed by atoms with E-state index in [1.54, 1.807) is 0 Å². The molecule has 0 spiro atoms. The molecule has 19 heavy (non-hydrogen) atoms. The second-order valence-corrected chi connectivity index (χ2v) is 5.65. The molecule has 4 heteroatoms. The summed E-state index contributed by atoms with van der Waals surface area (Å²) in [6.07, 6.45) is 4.75. The van der Waals surface area contributed by atoms with Crippen molar-refractivity contribution in [3.63, 3.8) is 0 Å². The van der Waals surface area contributed by atoms with E-state index in [0.29, 0.717) is 6.04 Å². The molecule has 0 saturated carbocycles. The van der Waals surface area contributed by atoms with E-state index in [-0.39, 0.29) is 5.54 Å². The zero-order chi connectivity index (χ0) is 13.7. The largest absolute Gasteiger partial charge is 0.379 e. The fourth-order valence-electron chi connectivity index (χ4n) is 2.82. The molecule has 1 atom stereocenters. The SMILES string of the molecule is CNC(Cc1ccncc1)C(C)(C)N1CCOCC1. The van der Waals surface area contributed by atoms with Crippen molar-refractivity contribution in [2.75, 3.05) is 33.4 Å². The molecule has 1 aliphatic heterocycles. The molecule has 0 aromatic carbocycles. The lowest BCUT2D eigenvalue weighted by atomic mass is 9.87. The summed E-state index contributed by atoms with van der Waals surface area (Å²) in [6.45, 7) is 8.36. The van der Waals surface area contributed by atoms with Crippen molar-refractivity contribution in [2.24, 2.45) is 0 Å². The minimum Gasteiger partial charge on any atom is -0.379 e. The lowest BCUT2D eigenvalue weighted by molar-refractivity contribution is -0.0223. The fraction of sp³-hybridized carbons (Fsp3) is 0.667. The first-order valence-corrected chi connectivity index (χ1v) is 7.03. The van der Waals surface area contributed by atoms with Crippen molar-refractivity contribution < 1.29 is 4.74 Å². The van der Waals surface area contributed by atoms with E-state index in [9.17, 15) is 0 Å². The molecule has 1 aromatic heterocycles. The summed E-state index contributed by atoms with van der Waals surface area (Å²) in [5.74, 6) is 0. The van der Waals surface area contributed by atoms with Crippen molar-refractivity contribution in [1.82, 2.24) is 15.2 Å². The van der Waals surface area contributed by atoms with Crippen molar-refractivity contribution in [3.8, 4) is 0 Å². The number of rotatable bonds is 5. The van der Waals surface area contributed by atoms with Crippen LogP contribution < -0.4 is 5.32 Å². The number of pyridine rings is 1. The van der Waals surface area contributed by atoms with Crippen molar-refractivity contribution in [2.45, 2.75) is 31.8 Å². The van der Waals surface area contributed by atoms with Crippen molar-refractivity contribution in [1.29, 1.82) is 0 Å². The van der Waals surface area contributed by atoms with Gasteiger partial charge in [0.05, 0.1) is 13.2 Å². The smallest absolute Gasteiger partial charge is 0.0594 e. The number of morpholine rings is 1. The molecule has 1 N–H and O–H groups in total. The van der Waals surface area contributed by atoms with Crippen LogP contribution in [0.3, 0.4) is 0 Å². The van der Waals surface area contributed by atoms with Crippen LogP contribution in [0.1, 0.15) is 19.4 Å². The summed E-state index contributed by atoms with van der Waals surface area (Å²) >= 11 is 0. The Labute approximate surface area is 116 Å². The van der Waals surface area contributed by atoms with Gasteiger partial charge >= 0.3 is 0 Å². The Morgan fingerprint density at radius 2 is 1.95 bits per heavy atom. The van der Waals surface area contributed by atoms with E-state index >= 15 is 0 Å². The van der Waals surface area contributed by atoms with E-state index in [1.165, 1.54) is 5.56 Å². The predicted octanol–water partition coefficient (Wildman–Crippen LogP) is 1.32. The minimum atomic E-state index is 0.113. The molecule has 1 aromatic rings. The highest BCUT2D eigenvalue weighted by molar-refractivity contribution is 5.13. The molecular formula is C15H25N3O. The van der Waals surface area contributed by atoms with E-state index < -0.39 is 0 Å². The Hall–Kier alpha value is -0.970. The number of ether oxygens (including phenoxy) is 1. The molecule has 106 valence electrons. The first-order valence-electron chi connectivity index (χ1n) is 7.03. The molecule has 0 aliphatic carbocycles. The monoisotopic (exact) mass is 263 g/mol. The average molecular weight is 263 g/mol. The van der Waals surface area contributed by atoms with E-state index in [1.807, 2.05) is 19.4 Å². The van der Waals surface area contributed by atoms with Crippen LogP contribution in [-0.2, 0) is 11.2 Å². The van der Waals surface area contributed by atoms with Gasteiger partial charge in [-0.1, -0.05) is 0 Å². The van der Waals surface area contributed by atoms with Crippen LogP contribution in [0.2, 0.25) is 0 Å². The minimum absolute atomic E-state index is 0.113. The topological polar surface area (TPSA) is 37.4 Å². The lowest BCUT2D eigenvalue weighted by Crippen LogP contribution is -2.60. The lowest BCUT2D eigenvalue weighted by Gasteiger charge is -2.45. The number of nitrogens with one attached hydrogen (secondary N) is 1. The Bertz CT molecular complexity index is 374. The molecule has 0 radical (unpaired) electrons. The third-order valence-corrected chi connectivity index (χ3v) is 4.22. The summed E-state index contributed by atoms with van der Waals surface area (Å²) in [5.41, 5.74) is 1.44. The highest BCUT2D eigenvalue weighted by atomic mass is 16.5. The van der Waals surface area contributed by atoms with Gasteiger partial charge in [0, 0.05) is 37.1 Å². The van der Waals surface area contributed by atoms with Gasteiger partial charge in [0.2, 0.25) is 0 Å². The Morgan fingerprint density at radius 3 is 2.53 bits per heavy atom. The van der Waals surface area contributed by atoms with Crippen LogP contribution in [-0.4, -0.2) is 54.8 Å². The number of aromatic nitrogens is 1. The Balaban J connectivity index is 2.06. The maximum atomic E-state index is 5.46. The molecular weight excluding hydrogens is 238 g/mol. The van der Waals surface area contributed by atoms with Gasteiger partial charge in [-0.3, -0.25) is 9.88 Å². The normalized spacial score (nSPS) is 19.3. The van der Waals surface area contributed by atoms with Gasteiger partial charge in [0.1, 0.15) is 0 Å². The third-order valence-electron chi connectivity index (χ3n) is 4.22. The second-order valence-electron chi connectivity index (χ2n) is 5.65. The van der Waals surface area contributed by atoms with Gasteiger partial charge in [0.15, 0.2) is 0 Å². The Morgan fingerprint density at radius 1 is 1.32 bits per heavy atom. The van der Waals surface area contributed by atoms with Crippen LogP contribution in [0.25, 0.3) is 0 Å². The molecule has 1 aliphatic rings. The number of likely N-dealkylation sites (N-methyl/N-ethyl adjacent to an activating group) is 1. The second kappa shape index (κ2) is 6.46. The molecule has 0 bridgehead atoms. The average Bonchev–Trinajstić information content (AvgIpc) is 2.46. The zero-order valence-corrected chi connectivity index (χ0v) is 12.2. The van der Waals surface area contributed by atoms with Crippen molar-refractivity contribution in [3.05, 3.63) is 30.1 Å². The fourth-order valence-corrected chi connectivity index (χ4v) is 2.82. The molecule has 4 nitrogen and oxygen atoms in total. The predicted molar refractivity (Wildman–Crippen MR) is 77.3 cm³/mol. The first kappa shape index (κ1) is 14.4. The van der Waals surface area contributed by atoms with E-state index in [4.69, 9.17) is 4.74 Å².